The van der Waals surface area contributed by atoms with Crippen LogP contribution in [0, 0.1) is 0 Å². The molecule has 1 aliphatic heterocycles. The van der Waals surface area contributed by atoms with Crippen molar-refractivity contribution in [3.63, 3.8) is 0 Å². The molecule has 0 radical (unpaired) electrons. The Hall–Kier alpha value is -3.93. The van der Waals surface area contributed by atoms with E-state index in [1.54, 1.807) is 24.6 Å². The van der Waals surface area contributed by atoms with Gasteiger partial charge in [0.05, 0.1) is 6.26 Å². The van der Waals surface area contributed by atoms with Gasteiger partial charge in [0.25, 0.3) is 5.91 Å². The second-order valence-electron chi connectivity index (χ2n) is 8.11. The number of anilines is 1. The van der Waals surface area contributed by atoms with Gasteiger partial charge in [0.15, 0.2) is 5.78 Å². The van der Waals surface area contributed by atoms with Crippen molar-refractivity contribution in [3.05, 3.63) is 107 Å². The summed E-state index contributed by atoms with van der Waals surface area (Å²) in [6, 6.07) is 18.8. The molecule has 3 aromatic rings. The molecule has 160 valence electrons. The summed E-state index contributed by atoms with van der Waals surface area (Å²) in [4.78, 5) is 31.0. The number of dihydropyridines is 1. The number of hydrogen-bond donors (Lipinski definition) is 2. The normalized spacial score (nSPS) is 20.6. The first-order valence-electron chi connectivity index (χ1n) is 10.7. The van der Waals surface area contributed by atoms with Crippen LogP contribution < -0.4 is 10.6 Å². The Kier molecular flexibility index (Phi) is 5.19. The van der Waals surface area contributed by atoms with Gasteiger partial charge in [-0.1, -0.05) is 36.4 Å². The topological polar surface area (TPSA) is 84.2 Å². The number of allylic oxidation sites excluding steroid dienone is 3. The van der Waals surface area contributed by atoms with Gasteiger partial charge in [0.2, 0.25) is 0 Å². The van der Waals surface area contributed by atoms with Crippen molar-refractivity contribution in [1.82, 2.24) is 10.3 Å². The number of rotatable bonds is 4. The molecule has 1 aromatic carbocycles. The minimum atomic E-state index is -0.443. The number of aromatic nitrogens is 1. The van der Waals surface area contributed by atoms with Gasteiger partial charge < -0.3 is 15.1 Å². The van der Waals surface area contributed by atoms with E-state index in [2.05, 4.69) is 15.6 Å². The van der Waals surface area contributed by atoms with Gasteiger partial charge in [-0.3, -0.25) is 9.59 Å². The second-order valence-corrected chi connectivity index (χ2v) is 8.11. The van der Waals surface area contributed by atoms with Crippen molar-refractivity contribution in [1.29, 1.82) is 0 Å². The lowest BCUT2D eigenvalue weighted by atomic mass is 9.72. The summed E-state index contributed by atoms with van der Waals surface area (Å²) in [7, 11) is 0. The summed E-state index contributed by atoms with van der Waals surface area (Å²) in [6.45, 7) is 1.88. The highest BCUT2D eigenvalue weighted by atomic mass is 16.3. The summed E-state index contributed by atoms with van der Waals surface area (Å²) in [5.74, 6) is 0.582. The highest BCUT2D eigenvalue weighted by molar-refractivity contribution is 6.09. The van der Waals surface area contributed by atoms with E-state index >= 15 is 0 Å². The van der Waals surface area contributed by atoms with E-state index in [9.17, 15) is 9.59 Å². The monoisotopic (exact) mass is 425 g/mol. The molecule has 32 heavy (non-hydrogen) atoms. The standard InChI is InChI=1S/C26H23N3O3/c1-16-23(26(31)29-22-11-5-6-12-27-22)24(17-8-3-2-4-9-17)25-19(28-16)14-18(15-20(25)30)21-10-7-13-32-21/h2-13,18,24,28H,14-15H2,1H3,(H,27,29,31)/t18-,24+/m1/s1. The van der Waals surface area contributed by atoms with Gasteiger partial charge in [-0.05, 0) is 43.2 Å². The lowest BCUT2D eigenvalue weighted by Crippen LogP contribution is -2.37. The summed E-state index contributed by atoms with van der Waals surface area (Å²) >= 11 is 0. The van der Waals surface area contributed by atoms with E-state index in [4.69, 9.17) is 4.42 Å². The predicted molar refractivity (Wildman–Crippen MR) is 121 cm³/mol. The maximum absolute atomic E-state index is 13.4. The summed E-state index contributed by atoms with van der Waals surface area (Å²) in [6.07, 6.45) is 4.27. The van der Waals surface area contributed by atoms with Gasteiger partial charge in [-0.2, -0.15) is 0 Å². The fourth-order valence-electron chi connectivity index (χ4n) is 4.66. The molecule has 2 aromatic heterocycles. The summed E-state index contributed by atoms with van der Waals surface area (Å²) in [5.41, 5.74) is 3.71. The summed E-state index contributed by atoms with van der Waals surface area (Å²) in [5, 5.41) is 6.26. The van der Waals surface area contributed by atoms with Crippen LogP contribution in [0.3, 0.4) is 0 Å². The minimum Gasteiger partial charge on any atom is -0.469 e. The van der Waals surface area contributed by atoms with E-state index in [0.29, 0.717) is 29.8 Å². The van der Waals surface area contributed by atoms with E-state index in [0.717, 1.165) is 22.7 Å². The van der Waals surface area contributed by atoms with Crippen LogP contribution in [0.2, 0.25) is 0 Å². The fraction of sp³-hybridized carbons (Fsp3) is 0.192. The second kappa shape index (κ2) is 8.30. The molecule has 2 atom stereocenters. The Balaban J connectivity index is 1.56. The number of benzene rings is 1. The quantitative estimate of drug-likeness (QED) is 0.634. The number of ketones is 1. The van der Waals surface area contributed by atoms with Crippen LogP contribution in [0.5, 0.6) is 0 Å². The molecule has 6 nitrogen and oxygen atoms in total. The molecule has 0 saturated carbocycles. The first kappa shape index (κ1) is 20.0. The van der Waals surface area contributed by atoms with Gasteiger partial charge in [-0.25, -0.2) is 4.98 Å². The van der Waals surface area contributed by atoms with Crippen LogP contribution >= 0.6 is 0 Å². The Bertz CT molecular complexity index is 1210. The molecule has 1 amide bonds. The van der Waals surface area contributed by atoms with Crippen LogP contribution in [0.1, 0.15) is 42.9 Å². The van der Waals surface area contributed by atoms with Crippen molar-refractivity contribution in [2.75, 3.05) is 5.32 Å². The van der Waals surface area contributed by atoms with Crippen molar-refractivity contribution in [3.8, 4) is 0 Å². The number of hydrogen-bond acceptors (Lipinski definition) is 5. The number of nitrogens with one attached hydrogen (secondary N) is 2. The molecule has 1 aliphatic carbocycles. The third kappa shape index (κ3) is 3.64. The highest BCUT2D eigenvalue weighted by Crippen LogP contribution is 2.45. The van der Waals surface area contributed by atoms with Crippen molar-refractivity contribution >= 4 is 17.5 Å². The molecule has 0 saturated heterocycles. The van der Waals surface area contributed by atoms with Crippen LogP contribution in [0.4, 0.5) is 5.82 Å². The van der Waals surface area contributed by atoms with Crippen molar-refractivity contribution < 1.29 is 14.0 Å². The molecule has 2 N–H and O–H groups in total. The molecular weight excluding hydrogens is 402 g/mol. The number of Topliss-reactive ketones (excluding diaryl/α,β-unsaturated/α-hetero) is 1. The zero-order valence-electron chi connectivity index (χ0n) is 17.7. The lowest BCUT2D eigenvalue weighted by Gasteiger charge is -2.36. The maximum atomic E-state index is 13.4. The van der Waals surface area contributed by atoms with E-state index in [-0.39, 0.29) is 17.6 Å². The van der Waals surface area contributed by atoms with E-state index < -0.39 is 5.92 Å². The number of amides is 1. The molecule has 0 unspecified atom stereocenters. The molecule has 0 fully saturated rings. The third-order valence-electron chi connectivity index (χ3n) is 6.06. The molecule has 3 heterocycles. The van der Waals surface area contributed by atoms with Crippen molar-refractivity contribution in [2.24, 2.45) is 0 Å². The first-order chi connectivity index (χ1) is 15.6. The molecule has 2 aliphatic rings. The maximum Gasteiger partial charge on any atom is 0.255 e. The van der Waals surface area contributed by atoms with Gasteiger partial charge in [0.1, 0.15) is 11.6 Å². The Labute approximate surface area is 186 Å². The van der Waals surface area contributed by atoms with E-state index in [1.807, 2.05) is 55.5 Å². The number of furan rings is 1. The van der Waals surface area contributed by atoms with Crippen LogP contribution in [-0.2, 0) is 9.59 Å². The highest BCUT2D eigenvalue weighted by Gasteiger charge is 2.41. The third-order valence-corrected chi connectivity index (χ3v) is 6.06. The van der Waals surface area contributed by atoms with Gasteiger partial charge in [-0.15, -0.1) is 0 Å². The average molecular weight is 425 g/mol. The Morgan fingerprint density at radius 3 is 2.59 bits per heavy atom. The number of nitrogens with zero attached hydrogens (tertiary/aromatic N) is 1. The smallest absolute Gasteiger partial charge is 0.255 e. The van der Waals surface area contributed by atoms with Crippen LogP contribution in [0.25, 0.3) is 0 Å². The first-order valence-corrected chi connectivity index (χ1v) is 10.7. The zero-order valence-corrected chi connectivity index (χ0v) is 17.7. The lowest BCUT2D eigenvalue weighted by molar-refractivity contribution is -0.116. The molecular formula is C26H23N3O3. The van der Waals surface area contributed by atoms with Crippen molar-refractivity contribution in [2.45, 2.75) is 31.6 Å². The average Bonchev–Trinajstić information content (AvgIpc) is 3.34. The molecule has 5 rings (SSSR count). The van der Waals surface area contributed by atoms with Gasteiger partial charge >= 0.3 is 0 Å². The molecule has 6 heteroatoms. The largest absolute Gasteiger partial charge is 0.469 e. The van der Waals surface area contributed by atoms with Crippen LogP contribution in [-0.4, -0.2) is 16.7 Å². The molecule has 0 spiro atoms. The molecule has 0 bridgehead atoms. The number of pyridine rings is 1. The SMILES string of the molecule is CC1=C(C(=O)Nc2ccccn2)[C@H](c2ccccc2)C2=C(C[C@@H](c3ccco3)CC2=O)N1. The number of carbonyl (C=O) groups is 2. The van der Waals surface area contributed by atoms with E-state index in [1.165, 1.54) is 0 Å². The Morgan fingerprint density at radius 1 is 1.06 bits per heavy atom. The summed E-state index contributed by atoms with van der Waals surface area (Å²) < 4.78 is 5.58. The minimum absolute atomic E-state index is 0.0168. The van der Waals surface area contributed by atoms with Crippen LogP contribution in [0.15, 0.2) is 100 Å². The number of carbonyl (C=O) groups excluding carboxylic acids is 2. The fourth-order valence-corrected chi connectivity index (χ4v) is 4.66. The van der Waals surface area contributed by atoms with Gasteiger partial charge in [0, 0.05) is 47.0 Å². The predicted octanol–water partition coefficient (Wildman–Crippen LogP) is 4.67. The zero-order chi connectivity index (χ0) is 22.1. The Morgan fingerprint density at radius 2 is 1.88 bits per heavy atom.